The van der Waals surface area contributed by atoms with Crippen molar-refractivity contribution in [1.82, 2.24) is 15.4 Å². The number of piperazine rings is 1. The summed E-state index contributed by atoms with van der Waals surface area (Å²) in [4.78, 5) is 18.6. The molecule has 2 aromatic rings. The van der Waals surface area contributed by atoms with Crippen LogP contribution < -0.4 is 15.5 Å². The molecule has 1 fully saturated rings. The predicted molar refractivity (Wildman–Crippen MR) is 98.3 cm³/mol. The summed E-state index contributed by atoms with van der Waals surface area (Å²) in [6, 6.07) is 9.71. The van der Waals surface area contributed by atoms with Crippen molar-refractivity contribution in [1.29, 1.82) is 0 Å². The molecule has 1 aromatic heterocycles. The summed E-state index contributed by atoms with van der Waals surface area (Å²) in [6.07, 6.45) is 1.74. The number of pyridine rings is 1. The van der Waals surface area contributed by atoms with Crippen LogP contribution in [0.2, 0.25) is 5.02 Å². The molecule has 0 atom stereocenters. The summed E-state index contributed by atoms with van der Waals surface area (Å²) in [5, 5.41) is 6.88. The van der Waals surface area contributed by atoms with Gasteiger partial charge in [-0.3, -0.25) is 10.2 Å². The van der Waals surface area contributed by atoms with Crippen molar-refractivity contribution in [2.24, 2.45) is 5.14 Å². The maximum absolute atomic E-state index is 12.4. The van der Waals surface area contributed by atoms with Crippen molar-refractivity contribution in [2.75, 3.05) is 31.1 Å². The Balaban J connectivity index is 1.63. The van der Waals surface area contributed by atoms with E-state index in [4.69, 9.17) is 16.7 Å². The lowest BCUT2D eigenvalue weighted by Gasteiger charge is -2.35. The van der Waals surface area contributed by atoms with E-state index in [9.17, 15) is 13.2 Å². The Morgan fingerprint density at radius 2 is 1.88 bits per heavy atom. The Labute approximate surface area is 156 Å². The number of benzene rings is 1. The normalized spacial score (nSPS) is 15.7. The number of hydrogen-bond donors (Lipinski definition) is 2. The highest BCUT2D eigenvalue weighted by atomic mass is 35.5. The molecular formula is C16H18ClN5O3S. The molecule has 3 N–H and O–H groups in total. The number of sulfonamides is 1. The molecule has 138 valence electrons. The largest absolute Gasteiger partial charge is 0.354 e. The van der Waals surface area contributed by atoms with Gasteiger partial charge in [-0.05, 0) is 30.3 Å². The number of aromatic nitrogens is 1. The SMILES string of the molecule is NS(=O)(=O)c1cc(C(=O)NN2CCN(c3ccccn3)CC2)ccc1Cl. The Hall–Kier alpha value is -2.20. The van der Waals surface area contributed by atoms with Gasteiger partial charge in [-0.15, -0.1) is 0 Å². The fourth-order valence-corrected chi connectivity index (χ4v) is 3.73. The highest BCUT2D eigenvalue weighted by Gasteiger charge is 2.21. The van der Waals surface area contributed by atoms with Crippen molar-refractivity contribution in [3.8, 4) is 0 Å². The van der Waals surface area contributed by atoms with Crippen LogP contribution in [0.5, 0.6) is 0 Å². The fourth-order valence-electron chi connectivity index (χ4n) is 2.66. The maximum atomic E-state index is 12.4. The van der Waals surface area contributed by atoms with Gasteiger partial charge >= 0.3 is 0 Å². The van der Waals surface area contributed by atoms with E-state index in [1.165, 1.54) is 18.2 Å². The minimum atomic E-state index is -4.00. The van der Waals surface area contributed by atoms with Gasteiger partial charge in [0.25, 0.3) is 5.91 Å². The lowest BCUT2D eigenvalue weighted by atomic mass is 10.2. The van der Waals surface area contributed by atoms with Gasteiger partial charge in [-0.2, -0.15) is 0 Å². The average molecular weight is 396 g/mol. The number of anilines is 1. The van der Waals surface area contributed by atoms with Crippen LogP contribution in [0.4, 0.5) is 5.82 Å². The molecule has 0 bridgehead atoms. The summed E-state index contributed by atoms with van der Waals surface area (Å²) in [7, 11) is -4.00. The maximum Gasteiger partial charge on any atom is 0.265 e. The third-order valence-corrected chi connectivity index (χ3v) is 5.40. The first-order chi connectivity index (χ1) is 12.3. The molecule has 26 heavy (non-hydrogen) atoms. The lowest BCUT2D eigenvalue weighted by Crippen LogP contribution is -2.53. The molecular weight excluding hydrogens is 378 g/mol. The number of rotatable bonds is 4. The third-order valence-electron chi connectivity index (χ3n) is 4.01. The van der Waals surface area contributed by atoms with Crippen molar-refractivity contribution in [2.45, 2.75) is 4.90 Å². The molecule has 1 aliphatic heterocycles. The van der Waals surface area contributed by atoms with Crippen molar-refractivity contribution < 1.29 is 13.2 Å². The number of amides is 1. The summed E-state index contributed by atoms with van der Waals surface area (Å²) in [5.41, 5.74) is 2.95. The Morgan fingerprint density at radius 1 is 1.15 bits per heavy atom. The monoisotopic (exact) mass is 395 g/mol. The first-order valence-electron chi connectivity index (χ1n) is 7.89. The number of hydrogen-bond acceptors (Lipinski definition) is 6. The van der Waals surface area contributed by atoms with Crippen LogP contribution in [-0.2, 0) is 10.0 Å². The minimum absolute atomic E-state index is 0.0203. The van der Waals surface area contributed by atoms with E-state index in [0.29, 0.717) is 26.2 Å². The molecule has 0 saturated carbocycles. The second-order valence-electron chi connectivity index (χ2n) is 5.79. The molecule has 10 heteroatoms. The molecule has 0 aliphatic carbocycles. The number of carbonyl (C=O) groups excluding carboxylic acids is 1. The predicted octanol–water partition coefficient (Wildman–Crippen LogP) is 0.849. The fraction of sp³-hybridized carbons (Fsp3) is 0.250. The summed E-state index contributed by atoms with van der Waals surface area (Å²) >= 11 is 5.84. The zero-order chi connectivity index (χ0) is 18.7. The van der Waals surface area contributed by atoms with Gasteiger partial charge in [0.15, 0.2) is 0 Å². The van der Waals surface area contributed by atoms with E-state index in [-0.39, 0.29) is 15.5 Å². The summed E-state index contributed by atoms with van der Waals surface area (Å²) in [6.45, 7) is 2.64. The Morgan fingerprint density at radius 3 is 2.50 bits per heavy atom. The second-order valence-corrected chi connectivity index (χ2v) is 7.73. The molecule has 1 aliphatic rings. The zero-order valence-corrected chi connectivity index (χ0v) is 15.4. The summed E-state index contributed by atoms with van der Waals surface area (Å²) < 4.78 is 23.1. The van der Waals surface area contributed by atoms with Crippen LogP contribution in [-0.4, -0.2) is 50.5 Å². The molecule has 8 nitrogen and oxygen atoms in total. The number of nitrogens with two attached hydrogens (primary N) is 1. The Kier molecular flexibility index (Phi) is 5.42. The number of nitrogens with one attached hydrogen (secondary N) is 1. The smallest absolute Gasteiger partial charge is 0.265 e. The second kappa shape index (κ2) is 7.58. The molecule has 0 unspecified atom stereocenters. The van der Waals surface area contributed by atoms with Crippen LogP contribution in [0.1, 0.15) is 10.4 Å². The van der Waals surface area contributed by atoms with E-state index in [1.807, 2.05) is 18.2 Å². The Bertz CT molecular complexity index is 899. The number of halogens is 1. The number of carbonyl (C=O) groups is 1. The lowest BCUT2D eigenvalue weighted by molar-refractivity contribution is 0.0777. The van der Waals surface area contributed by atoms with Gasteiger partial charge < -0.3 is 4.90 Å². The van der Waals surface area contributed by atoms with Crippen LogP contribution in [0.15, 0.2) is 47.5 Å². The summed E-state index contributed by atoms with van der Waals surface area (Å²) in [5.74, 6) is 0.479. The number of nitrogens with zero attached hydrogens (tertiary/aromatic N) is 3. The molecule has 1 amide bonds. The van der Waals surface area contributed by atoms with E-state index < -0.39 is 15.9 Å². The molecule has 3 rings (SSSR count). The van der Waals surface area contributed by atoms with E-state index in [1.54, 1.807) is 11.2 Å². The topological polar surface area (TPSA) is 109 Å². The van der Waals surface area contributed by atoms with Crippen LogP contribution in [0.25, 0.3) is 0 Å². The van der Waals surface area contributed by atoms with Gasteiger partial charge in [-0.25, -0.2) is 23.5 Å². The molecule has 0 radical (unpaired) electrons. The molecule has 0 spiro atoms. The molecule has 1 aromatic carbocycles. The van der Waals surface area contributed by atoms with Gasteiger partial charge in [0, 0.05) is 37.9 Å². The molecule has 1 saturated heterocycles. The van der Waals surface area contributed by atoms with Gasteiger partial charge in [0.05, 0.1) is 5.02 Å². The quantitative estimate of drug-likeness (QED) is 0.794. The van der Waals surface area contributed by atoms with Crippen LogP contribution in [0, 0.1) is 0 Å². The zero-order valence-electron chi connectivity index (χ0n) is 13.8. The van der Waals surface area contributed by atoms with Gasteiger partial charge in [0.1, 0.15) is 10.7 Å². The van der Waals surface area contributed by atoms with Crippen molar-refractivity contribution in [3.63, 3.8) is 0 Å². The first-order valence-corrected chi connectivity index (χ1v) is 9.81. The highest BCUT2D eigenvalue weighted by molar-refractivity contribution is 7.89. The average Bonchev–Trinajstić information content (AvgIpc) is 2.62. The van der Waals surface area contributed by atoms with Crippen LogP contribution >= 0.6 is 11.6 Å². The molecule has 2 heterocycles. The van der Waals surface area contributed by atoms with Gasteiger partial charge in [0.2, 0.25) is 10.0 Å². The third kappa shape index (κ3) is 4.31. The van der Waals surface area contributed by atoms with Crippen molar-refractivity contribution >= 4 is 33.3 Å². The highest BCUT2D eigenvalue weighted by Crippen LogP contribution is 2.21. The van der Waals surface area contributed by atoms with E-state index in [0.717, 1.165) is 5.82 Å². The standard InChI is InChI=1S/C16H18ClN5O3S/c17-13-5-4-12(11-14(13)26(18,24)25)16(23)20-22-9-7-21(8-10-22)15-3-1-2-6-19-15/h1-6,11H,7-10H2,(H,20,23)(H2,18,24,25). The van der Waals surface area contributed by atoms with Crippen LogP contribution in [0.3, 0.4) is 0 Å². The number of hydrazine groups is 1. The minimum Gasteiger partial charge on any atom is -0.354 e. The number of primary sulfonamides is 1. The van der Waals surface area contributed by atoms with E-state index >= 15 is 0 Å². The van der Waals surface area contributed by atoms with E-state index in [2.05, 4.69) is 15.3 Å². The van der Waals surface area contributed by atoms with Gasteiger partial charge in [-0.1, -0.05) is 17.7 Å². The first kappa shape index (κ1) is 18.6. The van der Waals surface area contributed by atoms with Crippen molar-refractivity contribution in [3.05, 3.63) is 53.2 Å².